The van der Waals surface area contributed by atoms with Crippen LogP contribution >= 0.6 is 0 Å². The average molecular weight is 177 g/mol. The smallest absolute Gasteiger partial charge is 0.0428 e. The number of anilines is 2. The predicted molar refractivity (Wildman–Crippen MR) is 58.2 cm³/mol. The summed E-state index contributed by atoms with van der Waals surface area (Å²) in [5, 5.41) is 10.3. The molecule has 0 heterocycles. The molecule has 0 radical (unpaired) electrons. The first-order valence-corrected chi connectivity index (χ1v) is 4.18. The van der Waals surface area contributed by atoms with E-state index in [9.17, 15) is 0 Å². The van der Waals surface area contributed by atoms with Crippen molar-refractivity contribution in [3.63, 3.8) is 0 Å². The van der Waals surface area contributed by atoms with Crippen LogP contribution in [0.25, 0.3) is 0 Å². The molecule has 1 aromatic rings. The van der Waals surface area contributed by atoms with Crippen LogP contribution in [0.2, 0.25) is 0 Å². The van der Waals surface area contributed by atoms with Gasteiger partial charge in [-0.2, -0.15) is 0 Å². The molecule has 0 bridgehead atoms. The zero-order valence-electron chi connectivity index (χ0n) is 8.26. The minimum Gasteiger partial charge on any atom is -0.388 e. The molecule has 0 aliphatic rings. The zero-order valence-corrected chi connectivity index (χ0v) is 8.26. The van der Waals surface area contributed by atoms with Crippen molar-refractivity contribution in [2.75, 3.05) is 31.4 Å². The lowest BCUT2D eigenvalue weighted by Gasteiger charge is -2.14. The molecular weight excluding hydrogens is 162 g/mol. The van der Waals surface area contributed by atoms with Gasteiger partial charge in [0.25, 0.3) is 0 Å². The number of nitrogens with zero attached hydrogens (tertiary/aromatic N) is 1. The molecule has 0 atom stereocenters. The molecule has 70 valence electrons. The molecule has 1 aromatic carbocycles. The average Bonchev–Trinajstić information content (AvgIpc) is 2.16. The van der Waals surface area contributed by atoms with Crippen LogP contribution in [0.15, 0.2) is 18.2 Å². The normalized spacial score (nSPS) is 9.46. The molecule has 0 aromatic heterocycles. The second-order valence-corrected chi connectivity index (χ2v) is 3.06. The standard InChI is InChI=1S/C10H15N3/c1-12-10-5-4-9(13(2)3)6-8(10)7-11/h4-7,11-12H,1-3H3. The van der Waals surface area contributed by atoms with E-state index in [-0.39, 0.29) is 0 Å². The molecule has 0 saturated carbocycles. The van der Waals surface area contributed by atoms with Gasteiger partial charge in [-0.3, -0.25) is 0 Å². The summed E-state index contributed by atoms with van der Waals surface area (Å²) in [6, 6.07) is 5.99. The molecule has 0 saturated heterocycles. The summed E-state index contributed by atoms with van der Waals surface area (Å²) in [5.74, 6) is 0. The van der Waals surface area contributed by atoms with Gasteiger partial charge in [0, 0.05) is 44.3 Å². The lowest BCUT2D eigenvalue weighted by molar-refractivity contribution is 1.13. The van der Waals surface area contributed by atoms with Crippen LogP contribution in [0.1, 0.15) is 5.56 Å². The first-order chi connectivity index (χ1) is 6.19. The Balaban J connectivity index is 3.13. The maximum Gasteiger partial charge on any atom is 0.0428 e. The Hall–Kier alpha value is -1.51. The summed E-state index contributed by atoms with van der Waals surface area (Å²) in [4.78, 5) is 2.02. The number of hydrogen-bond acceptors (Lipinski definition) is 3. The third-order valence-electron chi connectivity index (χ3n) is 1.98. The van der Waals surface area contributed by atoms with Gasteiger partial charge in [-0.15, -0.1) is 0 Å². The van der Waals surface area contributed by atoms with E-state index in [2.05, 4.69) is 5.32 Å². The van der Waals surface area contributed by atoms with E-state index in [0.717, 1.165) is 16.9 Å². The summed E-state index contributed by atoms with van der Waals surface area (Å²) in [5.41, 5.74) is 3.01. The maximum atomic E-state index is 7.24. The van der Waals surface area contributed by atoms with Crippen molar-refractivity contribution in [2.45, 2.75) is 0 Å². The van der Waals surface area contributed by atoms with E-state index in [1.165, 1.54) is 6.21 Å². The van der Waals surface area contributed by atoms with Crippen LogP contribution in [0.5, 0.6) is 0 Å². The van der Waals surface area contributed by atoms with E-state index in [4.69, 9.17) is 5.41 Å². The lowest BCUT2D eigenvalue weighted by Crippen LogP contribution is -2.09. The second kappa shape index (κ2) is 3.94. The quantitative estimate of drug-likeness (QED) is 0.691. The van der Waals surface area contributed by atoms with Crippen molar-refractivity contribution >= 4 is 17.6 Å². The van der Waals surface area contributed by atoms with Crippen LogP contribution in [0, 0.1) is 5.41 Å². The van der Waals surface area contributed by atoms with Gasteiger partial charge >= 0.3 is 0 Å². The highest BCUT2D eigenvalue weighted by atomic mass is 15.1. The van der Waals surface area contributed by atoms with Gasteiger partial charge in [-0.25, -0.2) is 0 Å². The van der Waals surface area contributed by atoms with Crippen LogP contribution in [-0.4, -0.2) is 27.4 Å². The minimum absolute atomic E-state index is 0.911. The van der Waals surface area contributed by atoms with Gasteiger partial charge < -0.3 is 15.6 Å². The summed E-state index contributed by atoms with van der Waals surface area (Å²) >= 11 is 0. The summed E-state index contributed by atoms with van der Waals surface area (Å²) in [7, 11) is 5.84. The Morgan fingerprint density at radius 1 is 1.38 bits per heavy atom. The molecule has 0 aliphatic heterocycles. The van der Waals surface area contributed by atoms with E-state index < -0.39 is 0 Å². The molecule has 3 heteroatoms. The number of hydrogen-bond donors (Lipinski definition) is 2. The Kier molecular flexibility index (Phi) is 2.90. The first kappa shape index (κ1) is 9.58. The van der Waals surface area contributed by atoms with E-state index in [1.807, 2.05) is 44.2 Å². The van der Waals surface area contributed by atoms with Gasteiger partial charge in [0.2, 0.25) is 0 Å². The molecule has 0 unspecified atom stereocenters. The fraction of sp³-hybridized carbons (Fsp3) is 0.300. The third kappa shape index (κ3) is 1.99. The van der Waals surface area contributed by atoms with Crippen molar-refractivity contribution in [1.29, 1.82) is 5.41 Å². The molecular formula is C10H15N3. The highest BCUT2D eigenvalue weighted by Crippen LogP contribution is 2.19. The predicted octanol–water partition coefficient (Wildman–Crippen LogP) is 1.79. The fourth-order valence-corrected chi connectivity index (χ4v) is 1.18. The van der Waals surface area contributed by atoms with Crippen LogP contribution in [0.3, 0.4) is 0 Å². The van der Waals surface area contributed by atoms with Crippen molar-refractivity contribution in [1.82, 2.24) is 0 Å². The van der Waals surface area contributed by atoms with Crippen LogP contribution in [-0.2, 0) is 0 Å². The van der Waals surface area contributed by atoms with Crippen LogP contribution < -0.4 is 10.2 Å². The highest BCUT2D eigenvalue weighted by molar-refractivity contribution is 5.87. The molecule has 0 spiro atoms. The SMILES string of the molecule is CNc1ccc(N(C)C)cc1C=N. The highest BCUT2D eigenvalue weighted by Gasteiger charge is 2.00. The second-order valence-electron chi connectivity index (χ2n) is 3.06. The van der Waals surface area contributed by atoms with E-state index in [1.54, 1.807) is 0 Å². The molecule has 2 N–H and O–H groups in total. The zero-order chi connectivity index (χ0) is 9.84. The number of nitrogens with one attached hydrogen (secondary N) is 2. The van der Waals surface area contributed by atoms with Gasteiger partial charge in [-0.1, -0.05) is 0 Å². The van der Waals surface area contributed by atoms with Gasteiger partial charge in [0.15, 0.2) is 0 Å². The van der Waals surface area contributed by atoms with Crippen molar-refractivity contribution in [3.8, 4) is 0 Å². The molecule has 0 fully saturated rings. The molecule has 13 heavy (non-hydrogen) atoms. The monoisotopic (exact) mass is 177 g/mol. The van der Waals surface area contributed by atoms with Crippen molar-refractivity contribution in [3.05, 3.63) is 23.8 Å². The maximum absolute atomic E-state index is 7.24. The first-order valence-electron chi connectivity index (χ1n) is 4.18. The van der Waals surface area contributed by atoms with Crippen LogP contribution in [0.4, 0.5) is 11.4 Å². The fourth-order valence-electron chi connectivity index (χ4n) is 1.18. The van der Waals surface area contributed by atoms with Gasteiger partial charge in [-0.05, 0) is 18.2 Å². The Labute approximate surface area is 78.9 Å². The summed E-state index contributed by atoms with van der Waals surface area (Å²) in [6.07, 6.45) is 1.36. The Bertz CT molecular complexity index is 305. The topological polar surface area (TPSA) is 39.1 Å². The molecule has 0 amide bonds. The molecule has 3 nitrogen and oxygen atoms in total. The van der Waals surface area contributed by atoms with E-state index in [0.29, 0.717) is 0 Å². The van der Waals surface area contributed by atoms with Gasteiger partial charge in [0.1, 0.15) is 0 Å². The Morgan fingerprint density at radius 2 is 2.08 bits per heavy atom. The number of rotatable bonds is 3. The van der Waals surface area contributed by atoms with Gasteiger partial charge in [0.05, 0.1) is 0 Å². The summed E-state index contributed by atoms with van der Waals surface area (Å²) in [6.45, 7) is 0. The lowest BCUT2D eigenvalue weighted by atomic mass is 10.1. The largest absolute Gasteiger partial charge is 0.388 e. The molecule has 0 aliphatic carbocycles. The van der Waals surface area contributed by atoms with Crippen molar-refractivity contribution in [2.24, 2.45) is 0 Å². The molecule has 1 rings (SSSR count). The van der Waals surface area contributed by atoms with Crippen molar-refractivity contribution < 1.29 is 0 Å². The Morgan fingerprint density at radius 3 is 2.54 bits per heavy atom. The third-order valence-corrected chi connectivity index (χ3v) is 1.98. The van der Waals surface area contributed by atoms with E-state index >= 15 is 0 Å². The number of benzene rings is 1. The summed E-state index contributed by atoms with van der Waals surface area (Å²) < 4.78 is 0. The minimum atomic E-state index is 0.911.